The van der Waals surface area contributed by atoms with Gasteiger partial charge in [-0.2, -0.15) is 0 Å². The van der Waals surface area contributed by atoms with E-state index >= 15 is 0 Å². The molecule has 0 aliphatic rings. The van der Waals surface area contributed by atoms with Crippen molar-refractivity contribution < 1.29 is 4.79 Å². The Hall–Kier alpha value is -2.82. The van der Waals surface area contributed by atoms with Crippen LogP contribution in [0.25, 0.3) is 11.0 Å². The Kier molecular flexibility index (Phi) is 3.31. The molecule has 0 aliphatic heterocycles. The molecule has 0 atom stereocenters. The predicted molar refractivity (Wildman–Crippen MR) is 84.7 cm³/mol. The number of aromatic nitrogens is 2. The minimum Gasteiger partial charge on any atom is -0.345 e. The first-order valence-electron chi connectivity index (χ1n) is 6.71. The molecule has 3 N–H and O–H groups in total. The van der Waals surface area contributed by atoms with Crippen molar-refractivity contribution in [1.82, 2.24) is 9.97 Å². The van der Waals surface area contributed by atoms with Gasteiger partial charge in [-0.25, -0.2) is 9.78 Å². The van der Waals surface area contributed by atoms with Crippen molar-refractivity contribution in [2.75, 3.05) is 10.6 Å². The summed E-state index contributed by atoms with van der Waals surface area (Å²) >= 11 is 0. The Balaban J connectivity index is 1.75. The number of anilines is 2. The Bertz CT molecular complexity index is 807. The first kappa shape index (κ1) is 13.2. The van der Waals surface area contributed by atoms with E-state index in [2.05, 4.69) is 20.6 Å². The summed E-state index contributed by atoms with van der Waals surface area (Å²) in [6.45, 7) is 4.01. The summed E-state index contributed by atoms with van der Waals surface area (Å²) in [5.41, 5.74) is 5.50. The van der Waals surface area contributed by atoms with Gasteiger partial charge in [-0.15, -0.1) is 0 Å². The molecule has 0 bridgehead atoms. The molecule has 21 heavy (non-hydrogen) atoms. The highest BCUT2D eigenvalue weighted by Gasteiger charge is 2.07. The monoisotopic (exact) mass is 280 g/mol. The van der Waals surface area contributed by atoms with Crippen LogP contribution in [0, 0.1) is 13.8 Å². The van der Waals surface area contributed by atoms with Crippen LogP contribution in [0.3, 0.4) is 0 Å². The SMILES string of the molecule is Cc1cccc(NC(=O)Nc2ccc3nc[nH]c3c2)c1C. The lowest BCUT2D eigenvalue weighted by Crippen LogP contribution is -2.20. The van der Waals surface area contributed by atoms with Crippen molar-refractivity contribution >= 4 is 28.4 Å². The lowest BCUT2D eigenvalue weighted by molar-refractivity contribution is 0.262. The van der Waals surface area contributed by atoms with E-state index < -0.39 is 0 Å². The molecule has 0 radical (unpaired) electrons. The van der Waals surface area contributed by atoms with Crippen LogP contribution in [0.5, 0.6) is 0 Å². The number of H-pyrrole nitrogens is 1. The number of aryl methyl sites for hydroxylation is 1. The van der Waals surface area contributed by atoms with Crippen LogP contribution in [0.1, 0.15) is 11.1 Å². The maximum atomic E-state index is 12.1. The number of nitrogens with zero attached hydrogens (tertiary/aromatic N) is 1. The van der Waals surface area contributed by atoms with Gasteiger partial charge in [0, 0.05) is 11.4 Å². The van der Waals surface area contributed by atoms with Crippen molar-refractivity contribution in [3.63, 3.8) is 0 Å². The van der Waals surface area contributed by atoms with Gasteiger partial charge >= 0.3 is 6.03 Å². The Morgan fingerprint density at radius 3 is 2.86 bits per heavy atom. The van der Waals surface area contributed by atoms with Crippen LogP contribution in [-0.2, 0) is 0 Å². The average molecular weight is 280 g/mol. The summed E-state index contributed by atoms with van der Waals surface area (Å²) in [5.74, 6) is 0. The molecular weight excluding hydrogens is 264 g/mol. The van der Waals surface area contributed by atoms with Gasteiger partial charge in [0.25, 0.3) is 0 Å². The van der Waals surface area contributed by atoms with E-state index in [4.69, 9.17) is 0 Å². The second kappa shape index (κ2) is 5.28. The number of hydrogen-bond acceptors (Lipinski definition) is 2. The summed E-state index contributed by atoms with van der Waals surface area (Å²) in [4.78, 5) is 19.2. The molecule has 0 unspecified atom stereocenters. The number of aromatic amines is 1. The average Bonchev–Trinajstić information content (AvgIpc) is 2.91. The van der Waals surface area contributed by atoms with Crippen molar-refractivity contribution in [1.29, 1.82) is 0 Å². The van der Waals surface area contributed by atoms with Crippen LogP contribution in [0.15, 0.2) is 42.7 Å². The van der Waals surface area contributed by atoms with E-state index in [1.54, 1.807) is 6.33 Å². The first-order chi connectivity index (χ1) is 10.1. The molecule has 1 heterocycles. The topological polar surface area (TPSA) is 69.8 Å². The van der Waals surface area contributed by atoms with E-state index in [9.17, 15) is 4.79 Å². The quantitative estimate of drug-likeness (QED) is 0.667. The molecule has 2 amide bonds. The summed E-state index contributed by atoms with van der Waals surface area (Å²) in [7, 11) is 0. The van der Waals surface area contributed by atoms with Crippen molar-refractivity contribution in [2.24, 2.45) is 0 Å². The number of carbonyl (C=O) groups is 1. The molecule has 5 heteroatoms. The maximum absolute atomic E-state index is 12.1. The molecule has 3 rings (SSSR count). The fraction of sp³-hybridized carbons (Fsp3) is 0.125. The number of benzene rings is 2. The number of amides is 2. The van der Waals surface area contributed by atoms with E-state index in [-0.39, 0.29) is 6.03 Å². The summed E-state index contributed by atoms with van der Waals surface area (Å²) in [6, 6.07) is 11.1. The standard InChI is InChI=1S/C16H16N4O/c1-10-4-3-5-13(11(10)2)20-16(21)19-12-6-7-14-15(8-12)18-9-17-14/h3-9H,1-2H3,(H,17,18)(H2,19,20,21). The van der Waals surface area contributed by atoms with Crippen LogP contribution in [0.4, 0.5) is 16.2 Å². The fourth-order valence-corrected chi connectivity index (χ4v) is 2.18. The van der Waals surface area contributed by atoms with Crippen LogP contribution >= 0.6 is 0 Å². The molecule has 0 aliphatic carbocycles. The number of urea groups is 1. The number of hydrogen-bond donors (Lipinski definition) is 3. The molecule has 0 spiro atoms. The zero-order valence-corrected chi connectivity index (χ0v) is 11.9. The Morgan fingerprint density at radius 2 is 2.00 bits per heavy atom. The largest absolute Gasteiger partial charge is 0.345 e. The third-order valence-corrected chi connectivity index (χ3v) is 3.53. The summed E-state index contributed by atoms with van der Waals surface area (Å²) in [5, 5.41) is 5.69. The minimum absolute atomic E-state index is 0.262. The lowest BCUT2D eigenvalue weighted by atomic mass is 10.1. The molecule has 0 saturated heterocycles. The van der Waals surface area contributed by atoms with Crippen molar-refractivity contribution in [3.05, 3.63) is 53.9 Å². The highest BCUT2D eigenvalue weighted by atomic mass is 16.2. The lowest BCUT2D eigenvalue weighted by Gasteiger charge is -2.11. The molecule has 3 aromatic rings. The van der Waals surface area contributed by atoms with E-state index in [1.165, 1.54) is 0 Å². The number of imidazole rings is 1. The zero-order valence-electron chi connectivity index (χ0n) is 11.9. The number of carbonyl (C=O) groups excluding carboxylic acids is 1. The van der Waals surface area contributed by atoms with Gasteiger partial charge < -0.3 is 15.6 Å². The summed E-state index contributed by atoms with van der Waals surface area (Å²) in [6.07, 6.45) is 1.63. The molecule has 2 aromatic carbocycles. The Morgan fingerprint density at radius 1 is 1.14 bits per heavy atom. The zero-order chi connectivity index (χ0) is 14.8. The molecular formula is C16H16N4O. The van der Waals surface area contributed by atoms with Gasteiger partial charge in [-0.1, -0.05) is 12.1 Å². The molecule has 5 nitrogen and oxygen atoms in total. The van der Waals surface area contributed by atoms with Gasteiger partial charge in [0.15, 0.2) is 0 Å². The highest BCUT2D eigenvalue weighted by molar-refractivity contribution is 6.01. The summed E-state index contributed by atoms with van der Waals surface area (Å²) < 4.78 is 0. The smallest absolute Gasteiger partial charge is 0.323 e. The number of rotatable bonds is 2. The van der Waals surface area contributed by atoms with Gasteiger partial charge in [0.1, 0.15) is 0 Å². The number of nitrogens with one attached hydrogen (secondary N) is 3. The Labute approximate surface area is 122 Å². The van der Waals surface area contributed by atoms with Crippen molar-refractivity contribution in [3.8, 4) is 0 Å². The second-order valence-corrected chi connectivity index (χ2v) is 4.96. The second-order valence-electron chi connectivity index (χ2n) is 4.96. The normalized spacial score (nSPS) is 10.6. The van der Waals surface area contributed by atoms with Gasteiger partial charge in [0.05, 0.1) is 17.4 Å². The van der Waals surface area contributed by atoms with Crippen molar-refractivity contribution in [2.45, 2.75) is 13.8 Å². The van der Waals surface area contributed by atoms with E-state index in [1.807, 2.05) is 50.2 Å². The van der Waals surface area contributed by atoms with E-state index in [0.29, 0.717) is 0 Å². The third-order valence-electron chi connectivity index (χ3n) is 3.53. The minimum atomic E-state index is -0.262. The molecule has 0 saturated carbocycles. The third kappa shape index (κ3) is 2.72. The highest BCUT2D eigenvalue weighted by Crippen LogP contribution is 2.19. The van der Waals surface area contributed by atoms with Gasteiger partial charge in [-0.3, -0.25) is 0 Å². The number of fused-ring (bicyclic) bond motifs is 1. The maximum Gasteiger partial charge on any atom is 0.323 e. The van der Waals surface area contributed by atoms with Crippen LogP contribution in [-0.4, -0.2) is 16.0 Å². The van der Waals surface area contributed by atoms with Gasteiger partial charge in [0.2, 0.25) is 0 Å². The first-order valence-corrected chi connectivity index (χ1v) is 6.71. The van der Waals surface area contributed by atoms with Gasteiger partial charge in [-0.05, 0) is 49.2 Å². The van der Waals surface area contributed by atoms with Crippen LogP contribution < -0.4 is 10.6 Å². The van der Waals surface area contributed by atoms with Crippen LogP contribution in [0.2, 0.25) is 0 Å². The van der Waals surface area contributed by atoms with E-state index in [0.717, 1.165) is 33.5 Å². The fourth-order valence-electron chi connectivity index (χ4n) is 2.18. The molecule has 0 fully saturated rings. The molecule has 106 valence electrons. The molecule has 1 aromatic heterocycles. The predicted octanol–water partition coefficient (Wildman–Crippen LogP) is 3.82.